The molecule has 0 saturated carbocycles. The summed E-state index contributed by atoms with van der Waals surface area (Å²) in [5, 5.41) is 35.0. The summed E-state index contributed by atoms with van der Waals surface area (Å²) in [7, 11) is 4.47. The first-order chi connectivity index (χ1) is 32.6. The molecule has 0 aliphatic carbocycles. The molecule has 0 saturated heterocycles. The third-order valence-electron chi connectivity index (χ3n) is 11.8. The van der Waals surface area contributed by atoms with Crippen molar-refractivity contribution in [2.45, 2.75) is 78.9 Å². The number of ether oxygens (including phenoxy) is 3. The van der Waals surface area contributed by atoms with Gasteiger partial charge in [-0.1, -0.05) is 34.6 Å². The quantitative estimate of drug-likeness (QED) is 0.0363. The molecule has 2 atom stereocenters. The fraction of sp³-hybridized carbons (Fsp3) is 1.00. The van der Waals surface area contributed by atoms with Gasteiger partial charge in [0.2, 0.25) is 0 Å². The summed E-state index contributed by atoms with van der Waals surface area (Å²) in [6.07, 6.45) is 4.61. The fourth-order valence-electron chi connectivity index (χ4n) is 7.91. The van der Waals surface area contributed by atoms with E-state index in [4.69, 9.17) is 25.7 Å². The van der Waals surface area contributed by atoms with Crippen LogP contribution in [0.3, 0.4) is 0 Å². The van der Waals surface area contributed by atoms with Crippen LogP contribution in [0.4, 0.5) is 0 Å². The number of likely N-dealkylation sites (N-methyl/N-ethyl adjacent to an activating group) is 2. The molecule has 0 bridgehead atoms. The predicted molar refractivity (Wildman–Crippen MR) is 283 cm³/mol. The molecular weight excluding hydrogens is 851 g/mol. The predicted octanol–water partition coefficient (Wildman–Crippen LogP) is -0.543. The van der Waals surface area contributed by atoms with E-state index in [0.717, 1.165) is 176 Å². The third kappa shape index (κ3) is 43.8. The van der Waals surface area contributed by atoms with Crippen LogP contribution in [-0.2, 0) is 14.2 Å². The number of aliphatic hydroxyl groups is 2. The first-order valence-corrected chi connectivity index (χ1v) is 27.0. The smallest absolute Gasteiger partial charge is 0.0900 e. The van der Waals surface area contributed by atoms with Crippen LogP contribution in [0.1, 0.15) is 66.7 Å². The zero-order valence-corrected chi connectivity index (χ0v) is 44.8. The zero-order valence-electron chi connectivity index (χ0n) is 44.8. The molecule has 0 rings (SSSR count). The molecule has 404 valence electrons. The molecule has 18 nitrogen and oxygen atoms in total. The first-order valence-electron chi connectivity index (χ1n) is 27.0. The van der Waals surface area contributed by atoms with Gasteiger partial charge in [0.25, 0.3) is 0 Å². The van der Waals surface area contributed by atoms with Crippen LogP contribution < -0.4 is 32.7 Å². The number of nitrogens with zero attached hydrogens (tertiary/aromatic N) is 7. The van der Waals surface area contributed by atoms with Crippen molar-refractivity contribution in [3.63, 3.8) is 0 Å². The minimum Gasteiger partial charge on any atom is -0.389 e. The highest BCUT2D eigenvalue weighted by Crippen LogP contribution is 2.02. The van der Waals surface area contributed by atoms with E-state index in [1.54, 1.807) is 0 Å². The van der Waals surface area contributed by atoms with Gasteiger partial charge < -0.3 is 71.9 Å². The van der Waals surface area contributed by atoms with E-state index in [-0.39, 0.29) is 13.2 Å². The molecule has 0 fully saturated rings. The highest BCUT2D eigenvalue weighted by atomic mass is 16.5. The second kappa shape index (κ2) is 50.2. The molecule has 0 spiro atoms. The molecule has 0 aromatic carbocycles. The molecule has 0 amide bonds. The number of nitrogens with two attached hydrogens (primary N) is 2. The minimum atomic E-state index is -0.581. The second-order valence-corrected chi connectivity index (χ2v) is 18.4. The topological polar surface area (TPSA) is 191 Å². The van der Waals surface area contributed by atoms with Crippen LogP contribution in [-0.4, -0.2) is 300 Å². The molecule has 0 aliphatic heterocycles. The zero-order chi connectivity index (χ0) is 49.4. The maximum atomic E-state index is 10.9. The Morgan fingerprint density at radius 1 is 0.373 bits per heavy atom. The van der Waals surface area contributed by atoms with E-state index in [0.29, 0.717) is 52.6 Å². The standard InChI is InChI=1S/C49H113N13O5/c1-8-15-52-19-28-60(29-20-53-16-13-50)36-35-59(26-14-51)27-21-54-17-18-55-44-48(63)46-66-42-40-65-41-43-67-47-49(64)45-62(25-12-5)39-38-61(33-31-57(7)23-10-3)37-34-58(24-11-4)32-30-56(6)22-9-2/h48-49,52-55,63-64H,8-47,50-51H2,1-7H3. The second-order valence-electron chi connectivity index (χ2n) is 18.4. The highest BCUT2D eigenvalue weighted by Gasteiger charge is 2.16. The van der Waals surface area contributed by atoms with Crippen LogP contribution in [0.5, 0.6) is 0 Å². The fourth-order valence-corrected chi connectivity index (χ4v) is 7.91. The highest BCUT2D eigenvalue weighted by molar-refractivity contribution is 4.72. The summed E-state index contributed by atoms with van der Waals surface area (Å²) in [4.78, 5) is 17.5. The van der Waals surface area contributed by atoms with Crippen LogP contribution in [0.2, 0.25) is 0 Å². The first kappa shape index (κ1) is 66.3. The summed E-state index contributed by atoms with van der Waals surface area (Å²) < 4.78 is 17.1. The Balaban J connectivity index is 4.32. The molecule has 10 N–H and O–H groups in total. The SMILES string of the molecule is CCCNCCN(CCNCCN)CCN(CCN)CCNCCNCC(O)COCCOCCOCC(O)CN(CCC)CCN(CCN(C)CCC)CCN(CCC)CCN(C)CCC. The Kier molecular flexibility index (Phi) is 49.7. The van der Waals surface area contributed by atoms with Gasteiger partial charge >= 0.3 is 0 Å². The van der Waals surface area contributed by atoms with Crippen LogP contribution in [0.25, 0.3) is 0 Å². The lowest BCUT2D eigenvalue weighted by molar-refractivity contribution is -0.0261. The average Bonchev–Trinajstić information content (AvgIpc) is 3.31. The summed E-state index contributed by atoms with van der Waals surface area (Å²) in [5.41, 5.74) is 11.6. The lowest BCUT2D eigenvalue weighted by Gasteiger charge is -2.32. The molecule has 18 heteroatoms. The molecular formula is C49H113N13O5. The van der Waals surface area contributed by atoms with Crippen molar-refractivity contribution in [1.82, 2.24) is 55.6 Å². The lowest BCUT2D eigenvalue weighted by atomic mass is 10.3. The molecule has 0 heterocycles. The van der Waals surface area contributed by atoms with Gasteiger partial charge in [0, 0.05) is 157 Å². The number of aliphatic hydroxyl groups excluding tert-OH is 2. The van der Waals surface area contributed by atoms with Crippen molar-refractivity contribution in [3.05, 3.63) is 0 Å². The van der Waals surface area contributed by atoms with Crippen LogP contribution >= 0.6 is 0 Å². The molecule has 2 unspecified atom stereocenters. The third-order valence-corrected chi connectivity index (χ3v) is 11.8. The number of hydrogen-bond acceptors (Lipinski definition) is 18. The van der Waals surface area contributed by atoms with Gasteiger partial charge in [-0.05, 0) is 78.9 Å². The van der Waals surface area contributed by atoms with Gasteiger partial charge in [0.1, 0.15) is 0 Å². The molecule has 0 radical (unpaired) electrons. The molecule has 0 aromatic heterocycles. The Bertz CT molecular complexity index is 979. The Labute approximate surface area is 412 Å². The normalized spacial score (nSPS) is 13.3. The maximum absolute atomic E-state index is 10.9. The van der Waals surface area contributed by atoms with Crippen molar-refractivity contribution in [1.29, 1.82) is 0 Å². The van der Waals surface area contributed by atoms with Crippen molar-refractivity contribution in [2.24, 2.45) is 11.5 Å². The minimum absolute atomic E-state index is 0.255. The summed E-state index contributed by atoms with van der Waals surface area (Å²) >= 11 is 0. The van der Waals surface area contributed by atoms with Crippen LogP contribution in [0, 0.1) is 0 Å². The van der Waals surface area contributed by atoms with Crippen LogP contribution in [0.15, 0.2) is 0 Å². The van der Waals surface area contributed by atoms with E-state index in [2.05, 4.69) is 104 Å². The van der Waals surface area contributed by atoms with Crippen molar-refractivity contribution >= 4 is 0 Å². The number of hydrogen-bond donors (Lipinski definition) is 8. The van der Waals surface area contributed by atoms with Crippen molar-refractivity contribution in [2.75, 3.05) is 244 Å². The molecule has 0 aliphatic rings. The van der Waals surface area contributed by atoms with Gasteiger partial charge in [-0.2, -0.15) is 0 Å². The summed E-state index contributed by atoms with van der Waals surface area (Å²) in [6, 6.07) is 0. The number of nitrogens with one attached hydrogen (secondary N) is 4. The van der Waals surface area contributed by atoms with Gasteiger partial charge in [-0.15, -0.1) is 0 Å². The van der Waals surface area contributed by atoms with E-state index < -0.39 is 12.2 Å². The van der Waals surface area contributed by atoms with Gasteiger partial charge in [-0.25, -0.2) is 0 Å². The summed E-state index contributed by atoms with van der Waals surface area (Å²) in [5.74, 6) is 0. The summed E-state index contributed by atoms with van der Waals surface area (Å²) in [6.45, 7) is 40.8. The monoisotopic (exact) mass is 964 g/mol. The van der Waals surface area contributed by atoms with Gasteiger partial charge in [0.15, 0.2) is 0 Å². The van der Waals surface area contributed by atoms with Gasteiger partial charge in [-0.3, -0.25) is 19.6 Å². The van der Waals surface area contributed by atoms with E-state index in [1.165, 1.54) is 19.3 Å². The molecule has 0 aromatic rings. The average molecular weight is 965 g/mol. The Morgan fingerprint density at radius 2 is 0.776 bits per heavy atom. The Hall–Kier alpha value is -0.720. The van der Waals surface area contributed by atoms with E-state index in [9.17, 15) is 10.2 Å². The molecule has 67 heavy (non-hydrogen) atoms. The van der Waals surface area contributed by atoms with E-state index in [1.807, 2.05) is 0 Å². The Morgan fingerprint density at radius 3 is 1.28 bits per heavy atom. The van der Waals surface area contributed by atoms with Crippen molar-refractivity contribution in [3.8, 4) is 0 Å². The largest absolute Gasteiger partial charge is 0.389 e. The van der Waals surface area contributed by atoms with E-state index >= 15 is 0 Å². The van der Waals surface area contributed by atoms with Crippen molar-refractivity contribution < 1.29 is 24.4 Å². The van der Waals surface area contributed by atoms with Gasteiger partial charge in [0.05, 0.1) is 51.8 Å². The number of rotatable bonds is 55. The lowest BCUT2D eigenvalue weighted by Crippen LogP contribution is -2.45. The maximum Gasteiger partial charge on any atom is 0.0900 e.